The van der Waals surface area contributed by atoms with Gasteiger partial charge in [-0.1, -0.05) is 6.07 Å². The Hall–Kier alpha value is -0.930. The maximum absolute atomic E-state index is 13.2. The fourth-order valence-corrected chi connectivity index (χ4v) is 2.89. The molecule has 86 valence electrons. The zero-order valence-corrected chi connectivity index (χ0v) is 9.29. The van der Waals surface area contributed by atoms with Crippen molar-refractivity contribution >= 4 is 0 Å². The topological polar surface area (TPSA) is 25.8 Å². The normalized spacial score (nSPS) is 29.1. The predicted molar refractivity (Wildman–Crippen MR) is 58.6 cm³/mol. The number of ether oxygens (including phenoxy) is 1. The van der Waals surface area contributed by atoms with E-state index < -0.39 is 0 Å². The summed E-state index contributed by atoms with van der Waals surface area (Å²) in [6, 6.07) is 5.65. The van der Waals surface area contributed by atoms with Crippen LogP contribution in [0.2, 0.25) is 0 Å². The van der Waals surface area contributed by atoms with E-state index in [1.54, 1.807) is 12.1 Å². The summed E-state index contributed by atoms with van der Waals surface area (Å²) in [6.07, 6.45) is 3.49. The van der Waals surface area contributed by atoms with E-state index in [0.717, 1.165) is 18.6 Å². The van der Waals surface area contributed by atoms with Crippen LogP contribution in [0.25, 0.3) is 0 Å². The minimum Gasteiger partial charge on any atom is -0.367 e. The average molecular weight is 222 g/mol. The van der Waals surface area contributed by atoms with Crippen molar-refractivity contribution in [2.75, 3.05) is 13.2 Å². The lowest BCUT2D eigenvalue weighted by Gasteiger charge is -2.28. The molecular formula is C13H17FNO+. The van der Waals surface area contributed by atoms with Crippen LogP contribution in [0.5, 0.6) is 0 Å². The second kappa shape index (κ2) is 4.15. The van der Waals surface area contributed by atoms with Crippen LogP contribution in [-0.4, -0.2) is 19.2 Å². The maximum atomic E-state index is 13.2. The fraction of sp³-hybridized carbons (Fsp3) is 0.538. The van der Waals surface area contributed by atoms with Gasteiger partial charge in [-0.05, 0) is 29.7 Å². The molecule has 3 rings (SSSR count). The summed E-state index contributed by atoms with van der Waals surface area (Å²) in [4.78, 5) is 0. The molecule has 0 radical (unpaired) electrons. The third kappa shape index (κ3) is 1.74. The van der Waals surface area contributed by atoms with E-state index in [2.05, 4.69) is 5.32 Å². The van der Waals surface area contributed by atoms with Crippen molar-refractivity contribution in [3.8, 4) is 0 Å². The number of benzene rings is 1. The van der Waals surface area contributed by atoms with Gasteiger partial charge >= 0.3 is 0 Å². The highest BCUT2D eigenvalue weighted by Crippen LogP contribution is 2.31. The van der Waals surface area contributed by atoms with Crippen LogP contribution in [0.15, 0.2) is 18.2 Å². The Morgan fingerprint density at radius 1 is 1.38 bits per heavy atom. The molecule has 0 saturated carbocycles. The van der Waals surface area contributed by atoms with Crippen molar-refractivity contribution in [3.05, 3.63) is 35.1 Å². The van der Waals surface area contributed by atoms with Gasteiger partial charge in [-0.25, -0.2) is 4.39 Å². The zero-order chi connectivity index (χ0) is 11.0. The number of hydrogen-bond acceptors (Lipinski definition) is 1. The van der Waals surface area contributed by atoms with Gasteiger partial charge in [0.05, 0.1) is 13.2 Å². The first-order chi connectivity index (χ1) is 7.84. The van der Waals surface area contributed by atoms with Crippen LogP contribution in [0.1, 0.15) is 30.1 Å². The summed E-state index contributed by atoms with van der Waals surface area (Å²) >= 11 is 0. The number of rotatable bonds is 1. The second-order valence-corrected chi connectivity index (χ2v) is 4.71. The summed E-state index contributed by atoms with van der Waals surface area (Å²) < 4.78 is 19.0. The van der Waals surface area contributed by atoms with E-state index in [0.29, 0.717) is 6.04 Å². The standard InChI is InChI=1S/C13H16FNO/c14-10-3-4-11-9(8-10)5-7-16-13(11)12-2-1-6-15-12/h3-4,8,12-13,15H,1-2,5-7H2/p+1/t12-,13?/m0/s1. The molecular weight excluding hydrogens is 205 g/mol. The molecule has 1 saturated heterocycles. The Labute approximate surface area is 94.8 Å². The molecule has 2 heterocycles. The van der Waals surface area contributed by atoms with Gasteiger partial charge in [0.25, 0.3) is 0 Å². The molecule has 0 aromatic heterocycles. The molecule has 2 atom stereocenters. The number of nitrogens with two attached hydrogens (primary N) is 1. The molecule has 1 aromatic rings. The Morgan fingerprint density at radius 3 is 3.12 bits per heavy atom. The van der Waals surface area contributed by atoms with Crippen molar-refractivity contribution in [2.24, 2.45) is 0 Å². The van der Waals surface area contributed by atoms with Crippen LogP contribution in [0.4, 0.5) is 4.39 Å². The lowest BCUT2D eigenvalue weighted by molar-refractivity contribution is -0.679. The first-order valence-electron chi connectivity index (χ1n) is 6.08. The van der Waals surface area contributed by atoms with Crippen LogP contribution in [0.3, 0.4) is 0 Å². The van der Waals surface area contributed by atoms with Gasteiger partial charge in [-0.2, -0.15) is 0 Å². The van der Waals surface area contributed by atoms with Gasteiger partial charge in [-0.15, -0.1) is 0 Å². The molecule has 2 aliphatic heterocycles. The Kier molecular flexibility index (Phi) is 2.65. The molecule has 1 unspecified atom stereocenters. The van der Waals surface area contributed by atoms with Gasteiger partial charge < -0.3 is 10.1 Å². The summed E-state index contributed by atoms with van der Waals surface area (Å²) in [5, 5.41) is 2.36. The van der Waals surface area contributed by atoms with Crippen LogP contribution < -0.4 is 5.32 Å². The maximum Gasteiger partial charge on any atom is 0.134 e. The van der Waals surface area contributed by atoms with Crippen LogP contribution in [-0.2, 0) is 11.2 Å². The molecule has 3 heteroatoms. The van der Waals surface area contributed by atoms with Gasteiger partial charge in [-0.3, -0.25) is 0 Å². The highest BCUT2D eigenvalue weighted by molar-refractivity contribution is 5.32. The summed E-state index contributed by atoms with van der Waals surface area (Å²) in [7, 11) is 0. The lowest BCUT2D eigenvalue weighted by Crippen LogP contribution is -2.87. The van der Waals surface area contributed by atoms with Gasteiger partial charge in [0.2, 0.25) is 0 Å². The lowest BCUT2D eigenvalue weighted by atomic mass is 9.92. The first kappa shape index (κ1) is 10.2. The number of hydrogen-bond donors (Lipinski definition) is 1. The average Bonchev–Trinajstić information content (AvgIpc) is 2.81. The fourth-order valence-electron chi connectivity index (χ4n) is 2.89. The molecule has 1 fully saturated rings. The molecule has 2 N–H and O–H groups in total. The predicted octanol–water partition coefficient (Wildman–Crippen LogP) is 1.17. The van der Waals surface area contributed by atoms with E-state index >= 15 is 0 Å². The van der Waals surface area contributed by atoms with Gasteiger partial charge in [0, 0.05) is 12.8 Å². The van der Waals surface area contributed by atoms with Gasteiger partial charge in [0.15, 0.2) is 0 Å². The first-order valence-corrected chi connectivity index (χ1v) is 6.08. The highest BCUT2D eigenvalue weighted by atomic mass is 19.1. The van der Waals surface area contributed by atoms with Crippen molar-refractivity contribution in [2.45, 2.75) is 31.4 Å². The molecule has 2 aliphatic rings. The summed E-state index contributed by atoms with van der Waals surface area (Å²) in [6.45, 7) is 1.92. The van der Waals surface area contributed by atoms with Crippen LogP contribution in [0, 0.1) is 5.82 Å². The zero-order valence-electron chi connectivity index (χ0n) is 9.29. The molecule has 0 spiro atoms. The smallest absolute Gasteiger partial charge is 0.134 e. The van der Waals surface area contributed by atoms with Gasteiger partial charge in [0.1, 0.15) is 18.0 Å². The number of halogens is 1. The Bertz CT molecular complexity index is 388. The van der Waals surface area contributed by atoms with Crippen molar-refractivity contribution in [1.29, 1.82) is 0 Å². The molecule has 0 aliphatic carbocycles. The third-order valence-electron chi connectivity index (χ3n) is 3.68. The van der Waals surface area contributed by atoms with E-state index in [4.69, 9.17) is 4.74 Å². The van der Waals surface area contributed by atoms with E-state index in [1.807, 2.05) is 6.07 Å². The molecule has 0 amide bonds. The number of quaternary nitrogens is 1. The van der Waals surface area contributed by atoms with E-state index in [-0.39, 0.29) is 11.9 Å². The van der Waals surface area contributed by atoms with E-state index in [1.165, 1.54) is 24.9 Å². The molecule has 16 heavy (non-hydrogen) atoms. The minimum atomic E-state index is -0.130. The number of fused-ring (bicyclic) bond motifs is 1. The Morgan fingerprint density at radius 2 is 2.31 bits per heavy atom. The molecule has 1 aromatic carbocycles. The molecule has 0 bridgehead atoms. The molecule has 2 nitrogen and oxygen atoms in total. The summed E-state index contributed by atoms with van der Waals surface area (Å²) in [5.74, 6) is -0.130. The second-order valence-electron chi connectivity index (χ2n) is 4.71. The quantitative estimate of drug-likeness (QED) is 0.758. The highest BCUT2D eigenvalue weighted by Gasteiger charge is 2.33. The van der Waals surface area contributed by atoms with Crippen LogP contribution >= 0.6 is 0 Å². The van der Waals surface area contributed by atoms with Crippen molar-refractivity contribution < 1.29 is 14.4 Å². The minimum absolute atomic E-state index is 0.130. The SMILES string of the molecule is Fc1ccc2c(c1)CCOC2[C@@H]1CCC[NH2+]1. The van der Waals surface area contributed by atoms with Crippen molar-refractivity contribution in [3.63, 3.8) is 0 Å². The van der Waals surface area contributed by atoms with Crippen molar-refractivity contribution in [1.82, 2.24) is 0 Å². The third-order valence-corrected chi connectivity index (χ3v) is 3.68. The largest absolute Gasteiger partial charge is 0.367 e. The van der Waals surface area contributed by atoms with E-state index in [9.17, 15) is 4.39 Å². The summed E-state index contributed by atoms with van der Waals surface area (Å²) in [5.41, 5.74) is 2.34. The monoisotopic (exact) mass is 222 g/mol. The Balaban J connectivity index is 1.93.